The van der Waals surface area contributed by atoms with E-state index in [1.807, 2.05) is 25.1 Å². The summed E-state index contributed by atoms with van der Waals surface area (Å²) >= 11 is 18.6. The Morgan fingerprint density at radius 1 is 1.08 bits per heavy atom. The second-order valence-electron chi connectivity index (χ2n) is 5.85. The first-order valence-electron chi connectivity index (χ1n) is 7.54. The topological polar surface area (TPSA) is 33.6 Å². The highest BCUT2D eigenvalue weighted by molar-refractivity contribution is 6.37. The van der Waals surface area contributed by atoms with Crippen molar-refractivity contribution in [1.29, 1.82) is 0 Å². The molecule has 0 aliphatic rings. The first kappa shape index (κ1) is 18.9. The Bertz CT molecular complexity index is 722. The van der Waals surface area contributed by atoms with Crippen LogP contribution in [0, 0.1) is 12.8 Å². The SMILES string of the molecule is Cc1ccc(N/N=C/c2cc(Cl)c(OCC(C)C)c(Cl)c2)cc1Cl. The summed E-state index contributed by atoms with van der Waals surface area (Å²) in [5.74, 6) is 0.895. The molecule has 2 aromatic carbocycles. The molecule has 0 bridgehead atoms. The Morgan fingerprint density at radius 2 is 1.75 bits per heavy atom. The zero-order valence-corrected chi connectivity index (χ0v) is 16.0. The molecule has 24 heavy (non-hydrogen) atoms. The van der Waals surface area contributed by atoms with Crippen LogP contribution in [0.1, 0.15) is 25.0 Å². The smallest absolute Gasteiger partial charge is 0.156 e. The molecule has 0 fully saturated rings. The van der Waals surface area contributed by atoms with Gasteiger partial charge in [0.05, 0.1) is 28.6 Å². The summed E-state index contributed by atoms with van der Waals surface area (Å²) in [6, 6.07) is 9.17. The van der Waals surface area contributed by atoms with Gasteiger partial charge in [0.15, 0.2) is 5.75 Å². The Hall–Kier alpha value is -1.42. The zero-order chi connectivity index (χ0) is 17.7. The molecule has 0 saturated carbocycles. The van der Waals surface area contributed by atoms with Crippen LogP contribution in [0.4, 0.5) is 5.69 Å². The monoisotopic (exact) mass is 384 g/mol. The van der Waals surface area contributed by atoms with Crippen molar-refractivity contribution in [1.82, 2.24) is 0 Å². The molecule has 0 radical (unpaired) electrons. The maximum Gasteiger partial charge on any atom is 0.156 e. The first-order chi connectivity index (χ1) is 11.4. The van der Waals surface area contributed by atoms with E-state index in [0.717, 1.165) is 16.8 Å². The fourth-order valence-electron chi connectivity index (χ4n) is 1.89. The quantitative estimate of drug-likeness (QED) is 0.459. The van der Waals surface area contributed by atoms with Gasteiger partial charge in [-0.2, -0.15) is 5.10 Å². The molecule has 2 aromatic rings. The summed E-state index contributed by atoms with van der Waals surface area (Å²) in [5, 5.41) is 5.79. The average Bonchev–Trinajstić information content (AvgIpc) is 2.50. The number of rotatable bonds is 6. The van der Waals surface area contributed by atoms with Crippen molar-refractivity contribution >= 4 is 46.7 Å². The number of benzene rings is 2. The number of halogens is 3. The highest BCUT2D eigenvalue weighted by atomic mass is 35.5. The molecular formula is C18H19Cl3N2O. The van der Waals surface area contributed by atoms with Crippen molar-refractivity contribution in [2.45, 2.75) is 20.8 Å². The minimum atomic E-state index is 0.393. The van der Waals surface area contributed by atoms with E-state index in [4.69, 9.17) is 39.5 Å². The van der Waals surface area contributed by atoms with Gasteiger partial charge in [-0.3, -0.25) is 5.43 Å². The van der Waals surface area contributed by atoms with Crippen LogP contribution in [0.5, 0.6) is 5.75 Å². The number of nitrogens with zero attached hydrogens (tertiary/aromatic N) is 1. The van der Waals surface area contributed by atoms with Crippen molar-refractivity contribution in [3.05, 3.63) is 56.5 Å². The van der Waals surface area contributed by atoms with E-state index in [0.29, 0.717) is 33.3 Å². The molecule has 2 rings (SSSR count). The van der Waals surface area contributed by atoms with Crippen LogP contribution < -0.4 is 10.2 Å². The number of aryl methyl sites for hydroxylation is 1. The molecule has 0 unspecified atom stereocenters. The van der Waals surface area contributed by atoms with E-state index >= 15 is 0 Å². The third-order valence-electron chi connectivity index (χ3n) is 3.16. The minimum absolute atomic E-state index is 0.393. The van der Waals surface area contributed by atoms with Crippen molar-refractivity contribution < 1.29 is 4.74 Å². The number of anilines is 1. The average molecular weight is 386 g/mol. The van der Waals surface area contributed by atoms with Crippen LogP contribution in [0.3, 0.4) is 0 Å². The predicted molar refractivity (Wildman–Crippen MR) is 104 cm³/mol. The van der Waals surface area contributed by atoms with Crippen LogP contribution in [0.25, 0.3) is 0 Å². The lowest BCUT2D eigenvalue weighted by Gasteiger charge is -2.12. The lowest BCUT2D eigenvalue weighted by molar-refractivity contribution is 0.271. The van der Waals surface area contributed by atoms with Crippen molar-refractivity contribution in [2.24, 2.45) is 11.0 Å². The third-order valence-corrected chi connectivity index (χ3v) is 4.13. The zero-order valence-electron chi connectivity index (χ0n) is 13.7. The van der Waals surface area contributed by atoms with Gasteiger partial charge >= 0.3 is 0 Å². The third kappa shape index (κ3) is 5.30. The number of nitrogens with one attached hydrogen (secondary N) is 1. The van der Waals surface area contributed by atoms with Crippen LogP contribution in [0.2, 0.25) is 15.1 Å². The minimum Gasteiger partial charge on any atom is -0.490 e. The molecule has 0 atom stereocenters. The van der Waals surface area contributed by atoms with Gasteiger partial charge in [-0.15, -0.1) is 0 Å². The summed E-state index contributed by atoms with van der Waals surface area (Å²) in [7, 11) is 0. The number of hydrazone groups is 1. The molecular weight excluding hydrogens is 367 g/mol. The summed E-state index contributed by atoms with van der Waals surface area (Å²) in [6.07, 6.45) is 1.64. The molecule has 0 heterocycles. The molecule has 0 aliphatic carbocycles. The van der Waals surface area contributed by atoms with Gasteiger partial charge in [0, 0.05) is 5.02 Å². The van der Waals surface area contributed by atoms with Crippen LogP contribution >= 0.6 is 34.8 Å². The molecule has 3 nitrogen and oxygen atoms in total. The Morgan fingerprint density at radius 3 is 2.33 bits per heavy atom. The van der Waals surface area contributed by atoms with Crippen LogP contribution in [-0.2, 0) is 0 Å². The molecule has 0 spiro atoms. The van der Waals surface area contributed by atoms with Gasteiger partial charge < -0.3 is 4.74 Å². The number of ether oxygens (including phenoxy) is 1. The van der Waals surface area contributed by atoms with Crippen molar-refractivity contribution in [2.75, 3.05) is 12.0 Å². The Balaban J connectivity index is 2.08. The highest BCUT2D eigenvalue weighted by Crippen LogP contribution is 2.34. The van der Waals surface area contributed by atoms with E-state index in [9.17, 15) is 0 Å². The van der Waals surface area contributed by atoms with Gasteiger partial charge in [-0.25, -0.2) is 0 Å². The lowest BCUT2D eigenvalue weighted by Crippen LogP contribution is -2.05. The normalized spacial score (nSPS) is 11.3. The Kier molecular flexibility index (Phi) is 6.79. The van der Waals surface area contributed by atoms with Crippen molar-refractivity contribution in [3.8, 4) is 5.75 Å². The predicted octanol–water partition coefficient (Wildman–Crippen LogP) is 6.44. The van der Waals surface area contributed by atoms with E-state index in [1.165, 1.54) is 0 Å². The van der Waals surface area contributed by atoms with Crippen molar-refractivity contribution in [3.63, 3.8) is 0 Å². The molecule has 1 N–H and O–H groups in total. The molecule has 0 saturated heterocycles. The largest absolute Gasteiger partial charge is 0.490 e. The lowest BCUT2D eigenvalue weighted by atomic mass is 10.2. The second kappa shape index (κ2) is 8.61. The summed E-state index contributed by atoms with van der Waals surface area (Å²) < 4.78 is 5.64. The van der Waals surface area contributed by atoms with Gasteiger partial charge in [-0.05, 0) is 48.2 Å². The van der Waals surface area contributed by atoms with E-state index in [1.54, 1.807) is 18.3 Å². The van der Waals surface area contributed by atoms with Gasteiger partial charge in [0.2, 0.25) is 0 Å². The molecule has 128 valence electrons. The van der Waals surface area contributed by atoms with Crippen LogP contribution in [-0.4, -0.2) is 12.8 Å². The molecule has 6 heteroatoms. The van der Waals surface area contributed by atoms with E-state index < -0.39 is 0 Å². The summed E-state index contributed by atoms with van der Waals surface area (Å²) in [6.45, 7) is 6.63. The fraction of sp³-hybridized carbons (Fsp3) is 0.278. The number of hydrogen-bond donors (Lipinski definition) is 1. The molecule has 0 aromatic heterocycles. The fourth-order valence-corrected chi connectivity index (χ4v) is 2.68. The summed E-state index contributed by atoms with van der Waals surface area (Å²) in [4.78, 5) is 0. The maximum atomic E-state index is 6.24. The first-order valence-corrected chi connectivity index (χ1v) is 8.67. The van der Waals surface area contributed by atoms with E-state index in [-0.39, 0.29) is 0 Å². The molecule has 0 amide bonds. The van der Waals surface area contributed by atoms with Crippen LogP contribution in [0.15, 0.2) is 35.4 Å². The van der Waals surface area contributed by atoms with Gasteiger partial charge in [0.1, 0.15) is 0 Å². The second-order valence-corrected chi connectivity index (χ2v) is 7.07. The van der Waals surface area contributed by atoms with Gasteiger partial charge in [-0.1, -0.05) is 54.7 Å². The Labute approximate surface area is 157 Å². The highest BCUT2D eigenvalue weighted by Gasteiger charge is 2.10. The molecule has 0 aliphatic heterocycles. The van der Waals surface area contributed by atoms with E-state index in [2.05, 4.69) is 24.4 Å². The maximum absolute atomic E-state index is 6.24. The van der Waals surface area contributed by atoms with Gasteiger partial charge in [0.25, 0.3) is 0 Å². The number of hydrogen-bond acceptors (Lipinski definition) is 3. The standard InChI is InChI=1S/C18H19Cl3N2O/c1-11(2)10-24-18-16(20)6-13(7-17(18)21)9-22-23-14-5-4-12(3)15(19)8-14/h4-9,11,23H,10H2,1-3H3/b22-9+. The summed E-state index contributed by atoms with van der Waals surface area (Å²) in [5.41, 5.74) is 5.51.